The molecule has 0 saturated carbocycles. The second-order valence-electron chi connectivity index (χ2n) is 9.87. The Morgan fingerprint density at radius 3 is 2.38 bits per heavy atom. The van der Waals surface area contributed by atoms with Crippen LogP contribution in [0.25, 0.3) is 22.3 Å². The molecule has 4 aromatic heterocycles. The lowest BCUT2D eigenvalue weighted by Gasteiger charge is -2.25. The van der Waals surface area contributed by atoms with Crippen LogP contribution in [0, 0.1) is 4.64 Å². The van der Waals surface area contributed by atoms with Gasteiger partial charge in [0.15, 0.2) is 29.6 Å². The minimum absolute atomic E-state index is 0.0644. The van der Waals surface area contributed by atoms with Crippen molar-refractivity contribution in [3.63, 3.8) is 0 Å². The van der Waals surface area contributed by atoms with Gasteiger partial charge in [-0.3, -0.25) is 22.7 Å². The van der Waals surface area contributed by atoms with Crippen LogP contribution < -0.4 is 11.5 Å². The minimum atomic E-state index is -5.11. The molecule has 6 heterocycles. The first-order valence-corrected chi connectivity index (χ1v) is 16.0. The maximum atomic E-state index is 13.1. The smallest absolute Gasteiger partial charge is 0.387 e. The monoisotopic (exact) mass is 692 g/mol. The van der Waals surface area contributed by atoms with Gasteiger partial charge in [-0.05, 0) is 0 Å². The van der Waals surface area contributed by atoms with Crippen molar-refractivity contribution in [2.24, 2.45) is 0 Å². The predicted octanol–water partition coefficient (Wildman–Crippen LogP) is -1.73. The number of fused-ring (bicyclic) bond motifs is 2. The maximum absolute atomic E-state index is 13.1. The highest BCUT2D eigenvalue weighted by Crippen LogP contribution is 2.50. The van der Waals surface area contributed by atoms with Crippen molar-refractivity contribution < 1.29 is 57.3 Å². The number of hydrogen-bond acceptors (Lipinski definition) is 18. The first-order chi connectivity index (χ1) is 21.3. The molecule has 2 saturated heterocycles. The summed E-state index contributed by atoms with van der Waals surface area (Å²) in [5.74, 6) is -0.0118. The molecule has 244 valence electrons. The number of aliphatic hydroxyl groups is 3. The third kappa shape index (κ3) is 6.11. The van der Waals surface area contributed by atoms with E-state index in [4.69, 9.17) is 51.6 Å². The van der Waals surface area contributed by atoms with Gasteiger partial charge in [0.05, 0.1) is 25.9 Å². The quantitative estimate of drug-likeness (QED) is 0.0676. The largest absolute Gasteiger partial charge is 0.472 e. The summed E-state index contributed by atoms with van der Waals surface area (Å²) < 4.78 is 53.5. The number of nitrogens with two attached hydrogens (primary N) is 2. The number of aromatic nitrogens is 8. The second-order valence-corrected chi connectivity index (χ2v) is 12.5. The van der Waals surface area contributed by atoms with Crippen molar-refractivity contribution in [2.45, 2.75) is 49.1 Å². The lowest BCUT2D eigenvalue weighted by Crippen LogP contribution is -2.36. The zero-order valence-corrected chi connectivity index (χ0v) is 25.2. The number of imidazole rings is 2. The van der Waals surface area contributed by atoms with E-state index in [-0.39, 0.29) is 38.7 Å². The molecule has 10 atom stereocenters. The second kappa shape index (κ2) is 12.3. The van der Waals surface area contributed by atoms with Crippen LogP contribution >= 0.6 is 28.3 Å². The molecule has 0 spiro atoms. The van der Waals surface area contributed by atoms with Gasteiger partial charge >= 0.3 is 16.1 Å². The van der Waals surface area contributed by atoms with Crippen molar-refractivity contribution in [1.29, 1.82) is 0 Å². The molecule has 22 nitrogen and oxygen atoms in total. The Balaban J connectivity index is 1.20. The normalized spacial score (nSPS) is 30.7. The molecule has 10 N–H and O–H groups in total. The van der Waals surface area contributed by atoms with Crippen LogP contribution in [0.15, 0.2) is 19.0 Å². The van der Waals surface area contributed by atoms with Gasteiger partial charge in [0.2, 0.25) is 5.95 Å². The molecular formula is C20H26N10O12P2S. The minimum Gasteiger partial charge on any atom is -0.387 e. The number of nitrogen functional groups attached to an aromatic ring is 2. The van der Waals surface area contributed by atoms with Crippen molar-refractivity contribution >= 4 is 62.4 Å². The molecule has 4 aromatic rings. The van der Waals surface area contributed by atoms with E-state index in [9.17, 15) is 29.3 Å². The highest BCUT2D eigenvalue weighted by Gasteiger charge is 2.51. The number of ether oxygens (including phenoxy) is 2. The van der Waals surface area contributed by atoms with E-state index in [0.29, 0.717) is 0 Å². The number of phosphoric acid groups is 1. The SMILES string of the molecule is Nc1nc2c(ncn2[C@@H]2O[C@H](CO[PH](=O)O)[C@@H](O)[C@H]2OP(=O)(O)OC[C@H]2O[C@@H](n3cnc4c(N)ncnc43)[C@H](O)[C@@H]2O)c(=S)[nH]1. The molecule has 2 aliphatic heterocycles. The summed E-state index contributed by atoms with van der Waals surface area (Å²) in [6.45, 7) is -1.35. The lowest BCUT2D eigenvalue weighted by molar-refractivity contribution is -0.0609. The fourth-order valence-corrected chi connectivity index (χ4v) is 6.47. The number of anilines is 2. The Morgan fingerprint density at radius 2 is 1.64 bits per heavy atom. The van der Waals surface area contributed by atoms with Crippen LogP contribution in [0.5, 0.6) is 0 Å². The van der Waals surface area contributed by atoms with E-state index in [1.807, 2.05) is 0 Å². The molecule has 2 fully saturated rings. The van der Waals surface area contributed by atoms with Crippen molar-refractivity contribution in [3.8, 4) is 0 Å². The molecule has 6 rings (SSSR count). The van der Waals surface area contributed by atoms with Crippen LogP contribution in [-0.4, -0.2) is 114 Å². The summed E-state index contributed by atoms with van der Waals surface area (Å²) in [5.41, 5.74) is 12.2. The van der Waals surface area contributed by atoms with E-state index in [1.165, 1.54) is 28.1 Å². The van der Waals surface area contributed by atoms with E-state index < -0.39 is 78.4 Å². The van der Waals surface area contributed by atoms with Crippen molar-refractivity contribution in [1.82, 2.24) is 39.0 Å². The Hall–Kier alpha value is -3.02. The van der Waals surface area contributed by atoms with Gasteiger partial charge in [0, 0.05) is 0 Å². The van der Waals surface area contributed by atoms with Gasteiger partial charge in [0.25, 0.3) is 0 Å². The zero-order valence-electron chi connectivity index (χ0n) is 22.5. The Morgan fingerprint density at radius 1 is 0.978 bits per heavy atom. The number of rotatable bonds is 10. The molecular weight excluding hydrogens is 666 g/mol. The standard InChI is InChI=1S/C20H26N10O12P2S/c21-14-8-15(24-3-23-14)29(4-25-8)18-12(33)10(31)7(40-18)2-39-44(36,37)42-13-11(32)6(1-38-43(34)35)41-19(13)30-5-26-9-16(30)27-20(22)28-17(9)45/h3-7,10-13,18-19,31-33,43H,1-2H2,(H,34,35)(H,36,37)(H2,21,23,24)(H3,22,27,28,45)/t6-,7-,10-,11-,12-,13-,18-,19-/m1/s1. The third-order valence-corrected chi connectivity index (χ3v) is 8.76. The number of aromatic amines is 1. The van der Waals surface area contributed by atoms with Gasteiger partial charge in [-0.2, -0.15) is 4.98 Å². The molecule has 0 bridgehead atoms. The summed E-state index contributed by atoms with van der Waals surface area (Å²) in [7, 11) is -8.54. The Bertz CT molecular complexity index is 1860. The van der Waals surface area contributed by atoms with E-state index in [0.717, 1.165) is 0 Å². The van der Waals surface area contributed by atoms with Crippen LogP contribution in [-0.2, 0) is 32.2 Å². The van der Waals surface area contributed by atoms with Gasteiger partial charge < -0.3 is 55.6 Å². The van der Waals surface area contributed by atoms with Gasteiger partial charge in [-0.1, -0.05) is 12.2 Å². The Labute approximate surface area is 256 Å². The molecule has 2 aliphatic rings. The van der Waals surface area contributed by atoms with Crippen LogP contribution in [0.3, 0.4) is 0 Å². The van der Waals surface area contributed by atoms with E-state index in [1.54, 1.807) is 0 Å². The first kappa shape index (κ1) is 31.9. The van der Waals surface area contributed by atoms with Crippen molar-refractivity contribution in [3.05, 3.63) is 23.6 Å². The van der Waals surface area contributed by atoms with Crippen LogP contribution in [0.1, 0.15) is 12.5 Å². The van der Waals surface area contributed by atoms with E-state index in [2.05, 4.69) is 29.9 Å². The average Bonchev–Trinajstić information content (AvgIpc) is 3.73. The number of phosphoric ester groups is 1. The number of H-pyrrole nitrogens is 1. The molecule has 2 unspecified atom stereocenters. The summed E-state index contributed by atoms with van der Waals surface area (Å²) in [6, 6.07) is 0. The van der Waals surface area contributed by atoms with Gasteiger partial charge in [0.1, 0.15) is 58.6 Å². The topological polar surface area (TPSA) is 324 Å². The number of nitrogens with one attached hydrogen (secondary N) is 1. The fraction of sp³-hybridized carbons (Fsp3) is 0.500. The summed E-state index contributed by atoms with van der Waals surface area (Å²) >= 11 is 5.21. The first-order valence-electron chi connectivity index (χ1n) is 12.9. The molecule has 0 aromatic carbocycles. The van der Waals surface area contributed by atoms with Crippen LogP contribution in [0.4, 0.5) is 11.8 Å². The Kier molecular flexibility index (Phi) is 8.73. The highest BCUT2D eigenvalue weighted by atomic mass is 32.1. The molecule has 0 aliphatic carbocycles. The predicted molar refractivity (Wildman–Crippen MR) is 151 cm³/mol. The summed E-state index contributed by atoms with van der Waals surface area (Å²) in [6.07, 6.45) is -8.20. The van der Waals surface area contributed by atoms with Gasteiger partial charge in [-0.15, -0.1) is 0 Å². The lowest BCUT2D eigenvalue weighted by atomic mass is 10.1. The summed E-state index contributed by atoms with van der Waals surface area (Å²) in [4.78, 5) is 42.6. The summed E-state index contributed by atoms with van der Waals surface area (Å²) in [5, 5.41) is 32.2. The van der Waals surface area contributed by atoms with Crippen molar-refractivity contribution in [2.75, 3.05) is 24.7 Å². The zero-order chi connectivity index (χ0) is 32.2. The number of hydrogen-bond donors (Lipinski definition) is 8. The fourth-order valence-electron chi connectivity index (χ4n) is 4.98. The number of aliphatic hydroxyl groups excluding tert-OH is 3. The maximum Gasteiger partial charge on any atom is 0.472 e. The highest BCUT2D eigenvalue weighted by molar-refractivity contribution is 7.71. The van der Waals surface area contributed by atoms with Gasteiger partial charge in [-0.25, -0.2) is 24.5 Å². The van der Waals surface area contributed by atoms with Crippen LogP contribution in [0.2, 0.25) is 0 Å². The average molecular weight is 693 g/mol. The molecule has 0 amide bonds. The number of nitrogens with zero attached hydrogens (tertiary/aromatic N) is 7. The molecule has 0 radical (unpaired) electrons. The third-order valence-electron chi connectivity index (χ3n) is 7.06. The van der Waals surface area contributed by atoms with E-state index >= 15 is 0 Å². The molecule has 45 heavy (non-hydrogen) atoms. The molecule has 25 heteroatoms.